The fourth-order valence-electron chi connectivity index (χ4n) is 2.20. The highest BCUT2D eigenvalue weighted by Crippen LogP contribution is 2.26. The molecule has 1 aromatic heterocycles. The van der Waals surface area contributed by atoms with Crippen LogP contribution in [0, 0.1) is 11.3 Å². The lowest BCUT2D eigenvalue weighted by Gasteiger charge is -2.03. The van der Waals surface area contributed by atoms with Gasteiger partial charge in [0.15, 0.2) is 11.6 Å². The lowest BCUT2D eigenvalue weighted by atomic mass is 10.2. The molecule has 0 spiro atoms. The Hall–Kier alpha value is -3.30. The first-order valence-electron chi connectivity index (χ1n) is 7.39. The molecule has 0 bridgehead atoms. The molecule has 3 rings (SSSR count). The highest BCUT2D eigenvalue weighted by molar-refractivity contribution is 6.30. The van der Waals surface area contributed by atoms with Crippen LogP contribution in [0.25, 0.3) is 0 Å². The fraction of sp³-hybridized carbons (Fsp3) is 0.0556. The number of aromatic nitrogens is 2. The first kappa shape index (κ1) is 16.6. The first-order chi connectivity index (χ1) is 12.2. The van der Waals surface area contributed by atoms with Gasteiger partial charge in [-0.2, -0.15) is 10.4 Å². The lowest BCUT2D eigenvalue weighted by Crippen LogP contribution is -1.92. The first-order valence-corrected chi connectivity index (χ1v) is 7.77. The molecule has 0 amide bonds. The van der Waals surface area contributed by atoms with E-state index >= 15 is 0 Å². The van der Waals surface area contributed by atoms with E-state index in [0.29, 0.717) is 28.0 Å². The van der Waals surface area contributed by atoms with E-state index in [9.17, 15) is 5.26 Å². The summed E-state index contributed by atoms with van der Waals surface area (Å²) in [5.41, 5.74) is 1.89. The van der Waals surface area contributed by atoms with E-state index in [1.807, 2.05) is 24.3 Å². The van der Waals surface area contributed by atoms with E-state index in [0.717, 1.165) is 11.3 Å². The molecule has 0 aliphatic rings. The lowest BCUT2D eigenvalue weighted by molar-refractivity contribution is 0.414. The van der Waals surface area contributed by atoms with Crippen LogP contribution in [0.15, 0.2) is 53.5 Å². The average molecular weight is 352 g/mol. The molecule has 2 N–H and O–H groups in total. The number of H-pyrrole nitrogens is 1. The summed E-state index contributed by atoms with van der Waals surface area (Å²) >= 11 is 5.87. The quantitative estimate of drug-likeness (QED) is 0.665. The van der Waals surface area contributed by atoms with Crippen molar-refractivity contribution in [2.75, 3.05) is 12.4 Å². The second-order valence-corrected chi connectivity index (χ2v) is 5.48. The van der Waals surface area contributed by atoms with Gasteiger partial charge >= 0.3 is 0 Å². The van der Waals surface area contributed by atoms with Crippen LogP contribution in [-0.2, 0) is 0 Å². The maximum atomic E-state index is 9.44. The van der Waals surface area contributed by atoms with Gasteiger partial charge in [0.2, 0.25) is 0 Å². The van der Waals surface area contributed by atoms with E-state index in [1.165, 1.54) is 0 Å². The molecular formula is C18H14ClN5O. The van der Waals surface area contributed by atoms with Gasteiger partial charge < -0.3 is 10.1 Å². The zero-order valence-electron chi connectivity index (χ0n) is 13.3. The van der Waals surface area contributed by atoms with E-state index in [4.69, 9.17) is 16.3 Å². The second-order valence-electron chi connectivity index (χ2n) is 5.04. The number of para-hydroxylation sites is 1. The molecule has 25 heavy (non-hydrogen) atoms. The summed E-state index contributed by atoms with van der Waals surface area (Å²) in [6.45, 7) is 0. The van der Waals surface area contributed by atoms with Crippen LogP contribution >= 0.6 is 11.6 Å². The summed E-state index contributed by atoms with van der Waals surface area (Å²) in [5.74, 6) is 1.46. The van der Waals surface area contributed by atoms with Crippen molar-refractivity contribution in [2.45, 2.75) is 0 Å². The van der Waals surface area contributed by atoms with Crippen molar-refractivity contribution in [3.63, 3.8) is 0 Å². The zero-order valence-corrected chi connectivity index (χ0v) is 14.1. The SMILES string of the molecule is COc1ccccc1/C=N/c1[nH]nc(Nc2ccc(Cl)cc2)c1C#N. The molecule has 0 unspecified atom stereocenters. The number of aromatic amines is 1. The molecule has 0 saturated carbocycles. The smallest absolute Gasteiger partial charge is 0.172 e. The molecule has 0 saturated heterocycles. The summed E-state index contributed by atoms with van der Waals surface area (Å²) in [6.07, 6.45) is 1.62. The third-order valence-corrected chi connectivity index (χ3v) is 3.69. The summed E-state index contributed by atoms with van der Waals surface area (Å²) < 4.78 is 5.28. The van der Waals surface area contributed by atoms with Crippen LogP contribution in [-0.4, -0.2) is 23.5 Å². The number of nitrogens with one attached hydrogen (secondary N) is 2. The van der Waals surface area contributed by atoms with Crippen molar-refractivity contribution in [1.29, 1.82) is 5.26 Å². The Morgan fingerprint density at radius 3 is 2.72 bits per heavy atom. The summed E-state index contributed by atoms with van der Waals surface area (Å²) in [7, 11) is 1.59. The number of ether oxygens (including phenoxy) is 1. The minimum Gasteiger partial charge on any atom is -0.496 e. The molecule has 0 radical (unpaired) electrons. The van der Waals surface area contributed by atoms with Crippen molar-refractivity contribution < 1.29 is 4.74 Å². The molecule has 2 aromatic carbocycles. The van der Waals surface area contributed by atoms with E-state index in [-0.39, 0.29) is 0 Å². The highest BCUT2D eigenvalue weighted by Gasteiger charge is 2.12. The number of aliphatic imine (C=N–C) groups is 1. The number of halogens is 1. The van der Waals surface area contributed by atoms with Gasteiger partial charge in [-0.05, 0) is 36.4 Å². The van der Waals surface area contributed by atoms with Crippen LogP contribution in [0.4, 0.5) is 17.3 Å². The number of nitriles is 1. The Balaban J connectivity index is 1.86. The number of hydrogen-bond donors (Lipinski definition) is 2. The van der Waals surface area contributed by atoms with Gasteiger partial charge in [0.05, 0.1) is 7.11 Å². The normalized spacial score (nSPS) is 10.6. The van der Waals surface area contributed by atoms with Crippen LogP contribution in [0.1, 0.15) is 11.1 Å². The third kappa shape index (κ3) is 3.79. The summed E-state index contributed by atoms with van der Waals surface area (Å²) in [5, 5.41) is 20.0. The topological polar surface area (TPSA) is 86.1 Å². The number of rotatable bonds is 5. The number of anilines is 2. The largest absolute Gasteiger partial charge is 0.496 e. The number of methoxy groups -OCH3 is 1. The minimum atomic E-state index is 0.320. The van der Waals surface area contributed by atoms with Crippen LogP contribution < -0.4 is 10.1 Å². The van der Waals surface area contributed by atoms with Crippen molar-refractivity contribution >= 4 is 35.1 Å². The molecule has 3 aromatic rings. The molecule has 7 heteroatoms. The summed E-state index contributed by atoms with van der Waals surface area (Å²) in [6, 6.07) is 16.7. The molecule has 0 atom stereocenters. The van der Waals surface area contributed by atoms with Gasteiger partial charge in [0.25, 0.3) is 0 Å². The summed E-state index contributed by atoms with van der Waals surface area (Å²) in [4.78, 5) is 4.33. The Labute approximate surface area is 149 Å². The van der Waals surface area contributed by atoms with Crippen LogP contribution in [0.5, 0.6) is 5.75 Å². The van der Waals surface area contributed by atoms with Crippen molar-refractivity contribution in [2.24, 2.45) is 4.99 Å². The predicted molar refractivity (Wildman–Crippen MR) is 98.3 cm³/mol. The third-order valence-electron chi connectivity index (χ3n) is 3.44. The number of benzene rings is 2. The van der Waals surface area contributed by atoms with Gasteiger partial charge in [0.1, 0.15) is 17.4 Å². The van der Waals surface area contributed by atoms with Crippen LogP contribution in [0.2, 0.25) is 5.02 Å². The molecule has 6 nitrogen and oxygen atoms in total. The van der Waals surface area contributed by atoms with E-state index < -0.39 is 0 Å². The van der Waals surface area contributed by atoms with Gasteiger partial charge in [0, 0.05) is 22.5 Å². The van der Waals surface area contributed by atoms with Gasteiger partial charge in [-0.25, -0.2) is 4.99 Å². The Kier molecular flexibility index (Phi) is 4.97. The van der Waals surface area contributed by atoms with E-state index in [1.54, 1.807) is 37.6 Å². The Morgan fingerprint density at radius 2 is 2.00 bits per heavy atom. The number of nitrogens with zero attached hydrogens (tertiary/aromatic N) is 3. The second kappa shape index (κ2) is 7.51. The Morgan fingerprint density at radius 1 is 1.24 bits per heavy atom. The van der Waals surface area contributed by atoms with E-state index in [2.05, 4.69) is 26.6 Å². The molecular weight excluding hydrogens is 338 g/mol. The standard InChI is InChI=1S/C18H14ClN5O/c1-25-16-5-3-2-4-12(16)11-21-17-15(10-20)18(24-23-17)22-14-8-6-13(19)7-9-14/h2-9,11H,1H3,(H2,22,23,24)/b21-11+. The maximum Gasteiger partial charge on any atom is 0.172 e. The van der Waals surface area contributed by atoms with Gasteiger partial charge in [-0.3, -0.25) is 5.10 Å². The monoisotopic (exact) mass is 351 g/mol. The fourth-order valence-corrected chi connectivity index (χ4v) is 2.33. The van der Waals surface area contributed by atoms with Gasteiger partial charge in [-0.1, -0.05) is 23.7 Å². The van der Waals surface area contributed by atoms with Crippen LogP contribution in [0.3, 0.4) is 0 Å². The number of hydrogen-bond acceptors (Lipinski definition) is 5. The molecule has 1 heterocycles. The average Bonchev–Trinajstić information content (AvgIpc) is 3.03. The molecule has 0 aliphatic carbocycles. The molecule has 0 fully saturated rings. The highest BCUT2D eigenvalue weighted by atomic mass is 35.5. The van der Waals surface area contributed by atoms with Crippen molar-refractivity contribution in [3.05, 3.63) is 64.7 Å². The van der Waals surface area contributed by atoms with Crippen molar-refractivity contribution in [3.8, 4) is 11.8 Å². The Bertz CT molecular complexity index is 941. The predicted octanol–water partition coefficient (Wildman–Crippen LogP) is 4.44. The zero-order chi connectivity index (χ0) is 17.6. The molecule has 124 valence electrons. The maximum absolute atomic E-state index is 9.44. The van der Waals surface area contributed by atoms with Gasteiger partial charge in [-0.15, -0.1) is 0 Å². The van der Waals surface area contributed by atoms with Crippen molar-refractivity contribution in [1.82, 2.24) is 10.2 Å². The molecule has 0 aliphatic heterocycles. The minimum absolute atomic E-state index is 0.320.